The first-order valence-corrected chi connectivity index (χ1v) is 15.1. The molecule has 0 aliphatic carbocycles. The van der Waals surface area contributed by atoms with E-state index < -0.39 is 46.5 Å². The number of carbonyl (C=O) groups is 8. The molecule has 0 aromatic carbocycles. The number of ether oxygens (including phenoxy) is 4. The van der Waals surface area contributed by atoms with Crippen molar-refractivity contribution in [2.45, 2.75) is 81.1 Å². The van der Waals surface area contributed by atoms with Crippen molar-refractivity contribution in [2.24, 2.45) is 0 Å². The monoisotopic (exact) mass is 660 g/mol. The molecule has 0 saturated heterocycles. The van der Waals surface area contributed by atoms with Crippen LogP contribution in [-0.2, 0) is 82.8 Å². The van der Waals surface area contributed by atoms with Gasteiger partial charge >= 0.3 is 55.7 Å². The molecule has 232 valence electrons. The fraction of sp³-hybridized carbons (Fsp3) is 0.667. The van der Waals surface area contributed by atoms with Gasteiger partial charge < -0.3 is 18.9 Å². The van der Waals surface area contributed by atoms with Crippen LogP contribution in [0.5, 0.6) is 0 Å². The van der Waals surface area contributed by atoms with Crippen molar-refractivity contribution in [1.29, 1.82) is 0 Å². The molecule has 2 N–H and O–H groups in total. The fourth-order valence-corrected chi connectivity index (χ4v) is 1.66. The van der Waals surface area contributed by atoms with Crippen molar-refractivity contribution in [3.63, 3.8) is 0 Å². The van der Waals surface area contributed by atoms with Crippen molar-refractivity contribution < 1.29 is 89.1 Å². The summed E-state index contributed by atoms with van der Waals surface area (Å²) in [5.41, 5.74) is 0. The van der Waals surface area contributed by atoms with Crippen LogP contribution in [0, 0.1) is 0 Å². The van der Waals surface area contributed by atoms with Crippen molar-refractivity contribution in [3.05, 3.63) is 0 Å². The Morgan fingerprint density at radius 3 is 0.650 bits per heavy atom. The summed E-state index contributed by atoms with van der Waals surface area (Å²) < 4.78 is 41.3. The molecule has 0 aliphatic heterocycles. The van der Waals surface area contributed by atoms with Crippen LogP contribution in [0.4, 0.5) is 0 Å². The van der Waals surface area contributed by atoms with Crippen LogP contribution < -0.4 is 0 Å². The van der Waals surface area contributed by atoms with E-state index in [-0.39, 0.29) is 48.8 Å². The summed E-state index contributed by atoms with van der Waals surface area (Å²) in [7, 11) is 0. The molecule has 0 rings (SSSR count). The van der Waals surface area contributed by atoms with E-state index in [9.17, 15) is 38.4 Å². The Morgan fingerprint density at radius 1 is 0.450 bits per heavy atom. The molecule has 0 amide bonds. The van der Waals surface area contributed by atoms with Crippen molar-refractivity contribution in [1.82, 2.24) is 0 Å². The van der Waals surface area contributed by atoms with Crippen LogP contribution in [0.15, 0.2) is 0 Å². The molecule has 0 saturated carbocycles. The van der Waals surface area contributed by atoms with Gasteiger partial charge in [0.05, 0.1) is 26.4 Å². The Bertz CT molecular complexity index is 682. The van der Waals surface area contributed by atoms with Gasteiger partial charge in [0.1, 0.15) is 48.8 Å². The molecule has 15 nitrogen and oxygen atoms in total. The SMILES string of the molecule is CCOC(=O)CC(C)=O.CCOC(=O)CC(C)=O.CCOC(=O)CC(C)=O.CCOC(=O)CC(C)=O.[O]=[Zr]([OH])[OH]. The van der Waals surface area contributed by atoms with Crippen LogP contribution in [-0.4, -0.2) is 79.8 Å². The summed E-state index contributed by atoms with van der Waals surface area (Å²) in [5, 5.41) is 0. The van der Waals surface area contributed by atoms with Gasteiger partial charge in [0.15, 0.2) is 0 Å². The summed E-state index contributed by atoms with van der Waals surface area (Å²) in [6, 6.07) is 0. The zero-order valence-electron chi connectivity index (χ0n) is 24.4. The van der Waals surface area contributed by atoms with Crippen molar-refractivity contribution in [2.75, 3.05) is 26.4 Å². The van der Waals surface area contributed by atoms with Crippen LogP contribution >= 0.6 is 0 Å². The number of carbonyl (C=O) groups excluding carboxylic acids is 8. The number of esters is 4. The van der Waals surface area contributed by atoms with E-state index in [1.165, 1.54) is 27.7 Å². The summed E-state index contributed by atoms with van der Waals surface area (Å²) in [5.74, 6) is -2.39. The first-order chi connectivity index (χ1) is 18.4. The second-order valence-electron chi connectivity index (χ2n) is 7.02. The van der Waals surface area contributed by atoms with Gasteiger partial charge in [-0.05, 0) is 55.4 Å². The summed E-state index contributed by atoms with van der Waals surface area (Å²) in [6.07, 6.45) is -0.413. The number of Topliss-reactive ketones (excluding diaryl/α,β-unsaturated/α-hetero) is 4. The molecule has 0 aliphatic rings. The van der Waals surface area contributed by atoms with Gasteiger partial charge in [0.25, 0.3) is 0 Å². The topological polar surface area (TPSA) is 231 Å². The normalized spacial score (nSPS) is 8.45. The van der Waals surface area contributed by atoms with Gasteiger partial charge in [0, 0.05) is 0 Å². The molecule has 0 unspecified atom stereocenters. The Kier molecular flexibility index (Phi) is 40.2. The first kappa shape index (κ1) is 47.0. The molecule has 16 heteroatoms. The predicted molar refractivity (Wildman–Crippen MR) is 133 cm³/mol. The van der Waals surface area contributed by atoms with E-state index in [4.69, 9.17) is 9.18 Å². The van der Waals surface area contributed by atoms with Crippen LogP contribution in [0.2, 0.25) is 0 Å². The van der Waals surface area contributed by atoms with E-state index in [0.717, 1.165) is 0 Å². The fourth-order valence-electron chi connectivity index (χ4n) is 1.66. The maximum absolute atomic E-state index is 10.4. The Balaban J connectivity index is -0.000000130. The third-order valence-corrected chi connectivity index (χ3v) is 2.79. The van der Waals surface area contributed by atoms with Gasteiger partial charge in [-0.15, -0.1) is 0 Å². The summed E-state index contributed by atoms with van der Waals surface area (Å²) in [4.78, 5) is 82.6. The number of hydrogen-bond acceptors (Lipinski definition) is 13. The molecular formula is C24H42O15Zr. The summed E-state index contributed by atoms with van der Waals surface area (Å²) in [6.45, 7) is 13.6. The average molecular weight is 662 g/mol. The number of rotatable bonds is 12. The standard InChI is InChI=1S/4C6H10O3.2H2O.O.Zr/c4*1-3-9-6(8)4-5(2)7;;;;/h4*3-4H2,1-2H3;2*1H2;;/q;;;;;;;+2/p-2. The van der Waals surface area contributed by atoms with E-state index in [2.05, 4.69) is 18.9 Å². The predicted octanol–water partition coefficient (Wildman–Crippen LogP) is 0.879. The third-order valence-electron chi connectivity index (χ3n) is 2.79. The molecule has 0 fully saturated rings. The number of hydrogen-bond donors (Lipinski definition) is 2. The Labute approximate surface area is 243 Å². The second kappa shape index (κ2) is 34.2. The first-order valence-electron chi connectivity index (χ1n) is 11.9. The van der Waals surface area contributed by atoms with Gasteiger partial charge in [0.2, 0.25) is 0 Å². The zero-order chi connectivity index (χ0) is 32.7. The third kappa shape index (κ3) is 64.8. The van der Waals surface area contributed by atoms with E-state index in [0.29, 0.717) is 26.4 Å². The van der Waals surface area contributed by atoms with E-state index >= 15 is 0 Å². The van der Waals surface area contributed by atoms with Crippen molar-refractivity contribution >= 4 is 47.0 Å². The average Bonchev–Trinajstić information content (AvgIpc) is 2.73. The van der Waals surface area contributed by atoms with Gasteiger partial charge in [-0.3, -0.25) is 38.4 Å². The molecule has 0 bridgehead atoms. The van der Waals surface area contributed by atoms with Crippen LogP contribution in [0.25, 0.3) is 0 Å². The molecule has 40 heavy (non-hydrogen) atoms. The quantitative estimate of drug-likeness (QED) is 0.168. The Morgan fingerprint density at radius 2 is 0.575 bits per heavy atom. The molecule has 0 aromatic heterocycles. The Hall–Kier alpha value is -2.84. The molecular weight excluding hydrogens is 619 g/mol. The van der Waals surface area contributed by atoms with E-state index in [1.807, 2.05) is 0 Å². The second-order valence-corrected chi connectivity index (χ2v) is 8.41. The van der Waals surface area contributed by atoms with Gasteiger partial charge in [-0.1, -0.05) is 0 Å². The minimum atomic E-state index is -3.79. The molecule has 0 spiro atoms. The summed E-state index contributed by atoms with van der Waals surface area (Å²) >= 11 is -3.79. The molecule has 0 heterocycles. The van der Waals surface area contributed by atoms with Crippen molar-refractivity contribution in [3.8, 4) is 0 Å². The van der Waals surface area contributed by atoms with Gasteiger partial charge in [-0.25, -0.2) is 0 Å². The molecule has 0 aromatic rings. The van der Waals surface area contributed by atoms with Crippen LogP contribution in [0.3, 0.4) is 0 Å². The van der Waals surface area contributed by atoms with Crippen LogP contribution in [0.1, 0.15) is 81.1 Å². The molecule has 0 atom stereocenters. The zero-order valence-corrected chi connectivity index (χ0v) is 26.8. The minimum absolute atomic E-state index is 0.103. The number of ketones is 4. The molecule has 0 radical (unpaired) electrons. The maximum atomic E-state index is 10.4. The van der Waals surface area contributed by atoms with Gasteiger partial charge in [-0.2, -0.15) is 0 Å². The van der Waals surface area contributed by atoms with E-state index in [1.54, 1.807) is 27.7 Å².